The molecule has 0 saturated heterocycles. The van der Waals surface area contributed by atoms with E-state index in [0.717, 1.165) is 18.5 Å². The van der Waals surface area contributed by atoms with Crippen LogP contribution >= 0.6 is 0 Å². The van der Waals surface area contributed by atoms with Crippen LogP contribution in [0.3, 0.4) is 0 Å². The number of hydrogen-bond acceptors (Lipinski definition) is 2. The Bertz CT molecular complexity index is 728. The van der Waals surface area contributed by atoms with Gasteiger partial charge in [-0.2, -0.15) is 0 Å². The SMILES string of the molecule is C=C(C)C.C=C(C)CC.C=C(C)CCCC.CCc1cccc(N)c1.Cc1ccccc1.N.O.O.[HH]. The van der Waals surface area contributed by atoms with Crippen LogP contribution in [0.4, 0.5) is 5.69 Å². The minimum Gasteiger partial charge on any atom is -0.412 e. The maximum Gasteiger partial charge on any atom is 0.0316 e. The molecule has 0 heterocycles. The third-order valence-electron chi connectivity index (χ3n) is 3.86. The summed E-state index contributed by atoms with van der Waals surface area (Å²) in [4.78, 5) is 0. The third kappa shape index (κ3) is 49.5. The Hall–Kier alpha value is -2.66. The van der Waals surface area contributed by atoms with Crippen LogP contribution in [0.5, 0.6) is 0 Å². The smallest absolute Gasteiger partial charge is 0.0316 e. The number of allylic oxidation sites excluding steroid dienone is 3. The van der Waals surface area contributed by atoms with E-state index in [4.69, 9.17) is 5.73 Å². The summed E-state index contributed by atoms with van der Waals surface area (Å²) in [6.07, 6.45) is 5.96. The van der Waals surface area contributed by atoms with Crippen molar-refractivity contribution in [1.29, 1.82) is 0 Å². The van der Waals surface area contributed by atoms with Crippen molar-refractivity contribution in [2.75, 3.05) is 5.73 Å². The van der Waals surface area contributed by atoms with E-state index < -0.39 is 0 Å². The zero-order chi connectivity index (χ0) is 25.4. The van der Waals surface area contributed by atoms with E-state index in [1.165, 1.54) is 47.1 Å². The van der Waals surface area contributed by atoms with Crippen molar-refractivity contribution in [3.05, 3.63) is 102 Å². The quantitative estimate of drug-likeness (QED) is 0.319. The number of anilines is 1. The Kier molecular flexibility index (Phi) is 43.8. The summed E-state index contributed by atoms with van der Waals surface area (Å²) in [5.74, 6) is 0. The van der Waals surface area contributed by atoms with Gasteiger partial charge in [-0.1, -0.05) is 91.9 Å². The zero-order valence-electron chi connectivity index (χ0n) is 24.1. The molecule has 0 saturated carbocycles. The van der Waals surface area contributed by atoms with Gasteiger partial charge in [0.2, 0.25) is 0 Å². The van der Waals surface area contributed by atoms with E-state index in [1.807, 2.05) is 57.2 Å². The zero-order valence-corrected chi connectivity index (χ0v) is 24.1. The maximum absolute atomic E-state index is 5.53. The highest BCUT2D eigenvalue weighted by Crippen LogP contribution is 2.05. The normalized spacial score (nSPS) is 7.77. The van der Waals surface area contributed by atoms with E-state index in [2.05, 4.69) is 72.6 Å². The van der Waals surface area contributed by atoms with Crippen molar-refractivity contribution >= 4 is 5.69 Å². The van der Waals surface area contributed by atoms with Gasteiger partial charge in [0.25, 0.3) is 0 Å². The van der Waals surface area contributed by atoms with E-state index >= 15 is 0 Å². The number of rotatable bonds is 5. The second kappa shape index (κ2) is 33.5. The van der Waals surface area contributed by atoms with Gasteiger partial charge >= 0.3 is 0 Å². The molecule has 0 aliphatic heterocycles. The molecule has 0 fully saturated rings. The Morgan fingerprint density at radius 3 is 1.46 bits per heavy atom. The van der Waals surface area contributed by atoms with Crippen LogP contribution in [0.1, 0.15) is 86.7 Å². The maximum atomic E-state index is 5.53. The Morgan fingerprint density at radius 2 is 1.26 bits per heavy atom. The molecule has 0 amide bonds. The van der Waals surface area contributed by atoms with Crippen LogP contribution in [-0.2, 0) is 6.42 Å². The van der Waals surface area contributed by atoms with E-state index in [0.29, 0.717) is 0 Å². The Labute approximate surface area is 219 Å². The van der Waals surface area contributed by atoms with Gasteiger partial charge in [0.1, 0.15) is 0 Å². The predicted molar refractivity (Wildman–Crippen MR) is 166 cm³/mol. The molecule has 0 aromatic heterocycles. The molecule has 0 bridgehead atoms. The Balaban J connectivity index is -0.0000000583. The van der Waals surface area contributed by atoms with Crippen LogP contribution in [0, 0.1) is 6.92 Å². The molecule has 0 aliphatic carbocycles. The first-order chi connectivity index (χ1) is 15.0. The summed E-state index contributed by atoms with van der Waals surface area (Å²) in [5, 5.41) is 0. The summed E-state index contributed by atoms with van der Waals surface area (Å²) in [6.45, 7) is 27.6. The van der Waals surface area contributed by atoms with Gasteiger partial charge in [0.15, 0.2) is 0 Å². The molecule has 0 aliphatic rings. The number of unbranched alkanes of at least 4 members (excludes halogenated alkanes) is 1. The molecule has 9 N–H and O–H groups in total. The second-order valence-electron chi connectivity index (χ2n) is 8.33. The first kappa shape index (κ1) is 45.8. The van der Waals surface area contributed by atoms with Crippen LogP contribution in [0.15, 0.2) is 91.1 Å². The molecule has 4 nitrogen and oxygen atoms in total. The summed E-state index contributed by atoms with van der Waals surface area (Å²) < 4.78 is 0. The molecule has 0 radical (unpaired) electrons. The minimum atomic E-state index is 0. The first-order valence-electron chi connectivity index (χ1n) is 11.8. The second-order valence-corrected chi connectivity index (χ2v) is 8.33. The lowest BCUT2D eigenvalue weighted by molar-refractivity contribution is 0.789. The lowest BCUT2D eigenvalue weighted by Crippen LogP contribution is -1.85. The number of nitrogen functional groups attached to an aromatic ring is 1. The molecular weight excluding hydrogens is 432 g/mol. The van der Waals surface area contributed by atoms with Crippen LogP contribution in [0.2, 0.25) is 0 Å². The molecule has 0 atom stereocenters. The molecule has 4 heteroatoms. The average molecular weight is 493 g/mol. The van der Waals surface area contributed by atoms with Crippen molar-refractivity contribution in [2.24, 2.45) is 0 Å². The molecule has 35 heavy (non-hydrogen) atoms. The van der Waals surface area contributed by atoms with Crippen molar-refractivity contribution in [1.82, 2.24) is 6.15 Å². The summed E-state index contributed by atoms with van der Waals surface area (Å²) in [7, 11) is 0. The van der Waals surface area contributed by atoms with Crippen molar-refractivity contribution < 1.29 is 12.4 Å². The number of benzene rings is 2. The molecule has 206 valence electrons. The fraction of sp³-hybridized carbons (Fsp3) is 0.419. The van der Waals surface area contributed by atoms with Gasteiger partial charge in [0, 0.05) is 7.11 Å². The van der Waals surface area contributed by atoms with Gasteiger partial charge in [-0.25, -0.2) is 0 Å². The standard InChI is InChI=1S/C8H11N.C7H8.C7H14.C5H10.C4H8.H3N.2H2O.H2/c1-2-7-4-3-5-8(9)6-7;1-7-5-3-2-4-6-7;1-4-5-6-7(2)3;1-4-5(2)3;1-4(2)3;;;;/h3-6H,2,9H2,1H3;2-6H,1H3;2,4-6H2,1,3H3;2,4H2,1,3H3;1H2,2-3H3;1H3;2*1H2;1H. The van der Waals surface area contributed by atoms with E-state index in [9.17, 15) is 0 Å². The summed E-state index contributed by atoms with van der Waals surface area (Å²) in [6, 6.07) is 18.2. The largest absolute Gasteiger partial charge is 0.412 e. The monoisotopic (exact) mass is 492 g/mol. The summed E-state index contributed by atoms with van der Waals surface area (Å²) in [5.41, 5.74) is 12.7. The van der Waals surface area contributed by atoms with Crippen molar-refractivity contribution in [2.45, 2.75) is 87.5 Å². The lowest BCUT2D eigenvalue weighted by atomic mass is 10.1. The van der Waals surface area contributed by atoms with Crippen LogP contribution in [-0.4, -0.2) is 11.0 Å². The van der Waals surface area contributed by atoms with Gasteiger partial charge in [-0.3, -0.25) is 0 Å². The lowest BCUT2D eigenvalue weighted by Gasteiger charge is -1.95. The fourth-order valence-electron chi connectivity index (χ4n) is 1.83. The molecule has 0 spiro atoms. The molecule has 2 rings (SSSR count). The highest BCUT2D eigenvalue weighted by molar-refractivity contribution is 5.40. The molecular formula is C31H60N2O2. The number of aryl methyl sites for hydroxylation is 2. The fourth-order valence-corrected chi connectivity index (χ4v) is 1.83. The highest BCUT2D eigenvalue weighted by Gasteiger charge is 1.86. The van der Waals surface area contributed by atoms with Gasteiger partial charge < -0.3 is 22.8 Å². The number of hydrogen-bond donors (Lipinski definition) is 2. The van der Waals surface area contributed by atoms with Crippen molar-refractivity contribution in [3.63, 3.8) is 0 Å². The Morgan fingerprint density at radius 1 is 0.800 bits per heavy atom. The van der Waals surface area contributed by atoms with E-state index in [-0.39, 0.29) is 18.5 Å². The van der Waals surface area contributed by atoms with Crippen LogP contribution < -0.4 is 11.9 Å². The van der Waals surface area contributed by atoms with Gasteiger partial charge in [-0.05, 0) is 78.0 Å². The van der Waals surface area contributed by atoms with Crippen molar-refractivity contribution in [3.8, 4) is 0 Å². The highest BCUT2D eigenvalue weighted by atomic mass is 16.0. The van der Waals surface area contributed by atoms with E-state index in [1.54, 1.807) is 0 Å². The van der Waals surface area contributed by atoms with Gasteiger partial charge in [-0.15, -0.1) is 19.7 Å². The molecule has 2 aromatic rings. The number of nitrogens with two attached hydrogens (primary N) is 1. The average Bonchev–Trinajstić information content (AvgIpc) is 2.73. The minimum absolute atomic E-state index is 0. The third-order valence-corrected chi connectivity index (χ3v) is 3.86. The predicted octanol–water partition coefficient (Wildman–Crippen LogP) is 8.89. The first-order valence-corrected chi connectivity index (χ1v) is 11.8. The van der Waals surface area contributed by atoms with Gasteiger partial charge in [0.05, 0.1) is 0 Å². The molecule has 0 unspecified atom stereocenters. The molecule has 2 aromatic carbocycles. The topological polar surface area (TPSA) is 124 Å². The summed E-state index contributed by atoms with van der Waals surface area (Å²) >= 11 is 0. The van der Waals surface area contributed by atoms with Crippen LogP contribution in [0.25, 0.3) is 0 Å².